The van der Waals surface area contributed by atoms with E-state index in [9.17, 15) is 8.78 Å². The lowest BCUT2D eigenvalue weighted by molar-refractivity contribution is -0.104. The Kier molecular flexibility index (Phi) is 3.21. The van der Waals surface area contributed by atoms with Crippen molar-refractivity contribution in [2.45, 2.75) is 25.7 Å². The van der Waals surface area contributed by atoms with Crippen LogP contribution in [-0.4, -0.2) is 30.5 Å². The molecule has 0 aliphatic carbocycles. The first-order chi connectivity index (χ1) is 6.06. The average Bonchev–Trinajstić information content (AvgIpc) is 2.07. The Balaban J connectivity index is 2.42. The maximum atomic E-state index is 13.2. The van der Waals surface area contributed by atoms with Crippen molar-refractivity contribution in [3.05, 3.63) is 0 Å². The molecule has 0 saturated carbocycles. The molecule has 1 fully saturated rings. The molecule has 1 atom stereocenters. The highest BCUT2D eigenvalue weighted by Gasteiger charge is 2.41. The molecule has 0 amide bonds. The Hall–Kier alpha value is -0.690. The number of nitriles is 1. The first kappa shape index (κ1) is 10.4. The van der Waals surface area contributed by atoms with Crippen molar-refractivity contribution in [1.82, 2.24) is 4.90 Å². The van der Waals surface area contributed by atoms with Crippen LogP contribution in [0.15, 0.2) is 0 Å². The van der Waals surface area contributed by atoms with Crippen molar-refractivity contribution in [1.29, 1.82) is 5.26 Å². The van der Waals surface area contributed by atoms with E-state index in [2.05, 4.69) is 0 Å². The molecule has 0 N–H and O–H groups in total. The second-order valence-corrected chi connectivity index (χ2v) is 3.64. The summed E-state index contributed by atoms with van der Waals surface area (Å²) < 4.78 is 26.3. The van der Waals surface area contributed by atoms with Gasteiger partial charge in [0.25, 0.3) is 5.92 Å². The normalized spacial score (nSPS) is 28.3. The monoisotopic (exact) mass is 188 g/mol. The van der Waals surface area contributed by atoms with E-state index in [4.69, 9.17) is 5.26 Å². The second-order valence-electron chi connectivity index (χ2n) is 3.64. The lowest BCUT2D eigenvalue weighted by Crippen LogP contribution is -2.47. The molecule has 0 radical (unpaired) electrons. The average molecular weight is 188 g/mol. The van der Waals surface area contributed by atoms with Crippen molar-refractivity contribution >= 4 is 0 Å². The van der Waals surface area contributed by atoms with Crippen LogP contribution in [-0.2, 0) is 0 Å². The van der Waals surface area contributed by atoms with E-state index >= 15 is 0 Å². The van der Waals surface area contributed by atoms with Gasteiger partial charge in [-0.2, -0.15) is 5.26 Å². The van der Waals surface area contributed by atoms with E-state index in [1.807, 2.05) is 6.07 Å². The summed E-state index contributed by atoms with van der Waals surface area (Å²) >= 11 is 0. The van der Waals surface area contributed by atoms with E-state index in [1.54, 1.807) is 11.8 Å². The molecule has 1 aliphatic heterocycles. The Morgan fingerprint density at radius 2 is 2.31 bits per heavy atom. The molecule has 0 aromatic rings. The highest BCUT2D eigenvalue weighted by molar-refractivity contribution is 4.85. The lowest BCUT2D eigenvalue weighted by atomic mass is 9.95. The number of piperidine rings is 1. The van der Waals surface area contributed by atoms with Crippen LogP contribution in [0.25, 0.3) is 0 Å². The molecule has 0 aromatic heterocycles. The van der Waals surface area contributed by atoms with Crippen LogP contribution in [0.2, 0.25) is 0 Å². The number of rotatable bonds is 2. The minimum absolute atomic E-state index is 0.185. The zero-order valence-corrected chi connectivity index (χ0v) is 7.76. The van der Waals surface area contributed by atoms with Gasteiger partial charge in [-0.05, 0) is 13.0 Å². The van der Waals surface area contributed by atoms with Crippen molar-refractivity contribution in [3.8, 4) is 6.07 Å². The molecule has 0 spiro atoms. The third kappa shape index (κ3) is 2.63. The van der Waals surface area contributed by atoms with Crippen LogP contribution >= 0.6 is 0 Å². The smallest absolute Gasteiger partial charge is 0.263 e. The summed E-state index contributed by atoms with van der Waals surface area (Å²) in [5.74, 6) is -3.10. The maximum Gasteiger partial charge on any atom is 0.263 e. The number of nitrogens with zero attached hydrogens (tertiary/aromatic N) is 2. The summed E-state index contributed by atoms with van der Waals surface area (Å²) in [6.45, 7) is 2.56. The highest BCUT2D eigenvalue weighted by atomic mass is 19.3. The Morgan fingerprint density at radius 1 is 1.62 bits per heavy atom. The van der Waals surface area contributed by atoms with Crippen molar-refractivity contribution in [2.75, 3.05) is 19.6 Å². The summed E-state index contributed by atoms with van der Waals surface area (Å²) in [7, 11) is 0. The van der Waals surface area contributed by atoms with Crippen LogP contribution in [0.4, 0.5) is 8.78 Å². The minimum Gasteiger partial charge on any atom is -0.296 e. The third-order valence-electron chi connectivity index (χ3n) is 2.57. The first-order valence-electron chi connectivity index (χ1n) is 4.53. The van der Waals surface area contributed by atoms with Gasteiger partial charge >= 0.3 is 0 Å². The number of hydrogen-bond acceptors (Lipinski definition) is 2. The molecule has 4 heteroatoms. The van der Waals surface area contributed by atoms with Crippen LogP contribution < -0.4 is 0 Å². The largest absolute Gasteiger partial charge is 0.296 e. The molecule has 0 bridgehead atoms. The molecule has 1 unspecified atom stereocenters. The van der Waals surface area contributed by atoms with Gasteiger partial charge in [0.1, 0.15) is 0 Å². The molecule has 1 heterocycles. The fourth-order valence-electron chi connectivity index (χ4n) is 1.52. The summed E-state index contributed by atoms with van der Waals surface area (Å²) in [4.78, 5) is 1.67. The minimum atomic E-state index is -2.58. The predicted octanol–water partition coefficient (Wildman–Crippen LogP) is 1.88. The van der Waals surface area contributed by atoms with Gasteiger partial charge in [0, 0.05) is 18.9 Å². The van der Waals surface area contributed by atoms with E-state index in [-0.39, 0.29) is 6.54 Å². The Labute approximate surface area is 77.1 Å². The summed E-state index contributed by atoms with van der Waals surface area (Å²) in [6.07, 6.45) is 0.864. The molecule has 1 rings (SSSR count). The molecular weight excluding hydrogens is 174 g/mol. The molecule has 1 saturated heterocycles. The van der Waals surface area contributed by atoms with Crippen molar-refractivity contribution < 1.29 is 8.78 Å². The molecule has 74 valence electrons. The lowest BCUT2D eigenvalue weighted by Gasteiger charge is -2.36. The van der Waals surface area contributed by atoms with Gasteiger partial charge < -0.3 is 0 Å². The highest BCUT2D eigenvalue weighted by Crippen LogP contribution is 2.32. The quantitative estimate of drug-likeness (QED) is 0.661. The zero-order valence-electron chi connectivity index (χ0n) is 7.76. The second kappa shape index (κ2) is 4.01. The predicted molar refractivity (Wildman–Crippen MR) is 45.4 cm³/mol. The molecular formula is C9H14F2N2. The number of likely N-dealkylation sites (tertiary alicyclic amines) is 1. The van der Waals surface area contributed by atoms with E-state index in [1.165, 1.54) is 0 Å². The standard InChI is InChI=1S/C9H14F2N2/c1-8-3-6-13(5-2-4-12)7-9(8,10)11/h8H,2-3,5-7H2,1H3. The molecule has 0 aromatic carbocycles. The zero-order chi connectivity index (χ0) is 9.90. The first-order valence-corrected chi connectivity index (χ1v) is 4.53. The van der Waals surface area contributed by atoms with Gasteiger partial charge in [-0.15, -0.1) is 0 Å². The number of hydrogen-bond donors (Lipinski definition) is 0. The van der Waals surface area contributed by atoms with Gasteiger partial charge in [-0.1, -0.05) is 6.92 Å². The topological polar surface area (TPSA) is 27.0 Å². The van der Waals surface area contributed by atoms with Crippen LogP contribution in [0.5, 0.6) is 0 Å². The molecule has 13 heavy (non-hydrogen) atoms. The fraction of sp³-hybridized carbons (Fsp3) is 0.889. The molecule has 1 aliphatic rings. The van der Waals surface area contributed by atoms with Gasteiger partial charge in [0.2, 0.25) is 0 Å². The van der Waals surface area contributed by atoms with Crippen LogP contribution in [0.3, 0.4) is 0 Å². The Bertz CT molecular complexity index is 210. The van der Waals surface area contributed by atoms with Gasteiger partial charge in [-0.3, -0.25) is 4.90 Å². The van der Waals surface area contributed by atoms with Gasteiger partial charge in [0.05, 0.1) is 12.6 Å². The van der Waals surface area contributed by atoms with Gasteiger partial charge in [0.15, 0.2) is 0 Å². The fourth-order valence-corrected chi connectivity index (χ4v) is 1.52. The summed E-state index contributed by atoms with van der Waals surface area (Å²) in [5.41, 5.74) is 0. The van der Waals surface area contributed by atoms with Crippen molar-refractivity contribution in [2.24, 2.45) is 5.92 Å². The number of halogens is 2. The molecule has 2 nitrogen and oxygen atoms in total. The summed E-state index contributed by atoms with van der Waals surface area (Å²) in [6, 6.07) is 1.97. The van der Waals surface area contributed by atoms with Crippen LogP contribution in [0.1, 0.15) is 19.8 Å². The van der Waals surface area contributed by atoms with E-state index in [0.717, 1.165) is 0 Å². The van der Waals surface area contributed by atoms with E-state index in [0.29, 0.717) is 25.9 Å². The summed E-state index contributed by atoms with van der Waals surface area (Å²) in [5, 5.41) is 8.31. The van der Waals surface area contributed by atoms with E-state index < -0.39 is 11.8 Å². The van der Waals surface area contributed by atoms with Gasteiger partial charge in [-0.25, -0.2) is 8.78 Å². The number of alkyl halides is 2. The van der Waals surface area contributed by atoms with Crippen LogP contribution in [0, 0.1) is 17.2 Å². The SMILES string of the molecule is CC1CCN(CCC#N)CC1(F)F. The Morgan fingerprint density at radius 3 is 2.85 bits per heavy atom. The van der Waals surface area contributed by atoms with Crippen molar-refractivity contribution in [3.63, 3.8) is 0 Å². The third-order valence-corrected chi connectivity index (χ3v) is 2.57. The maximum absolute atomic E-state index is 13.2.